The molecule has 1 aliphatic rings. The molecule has 0 saturated heterocycles. The Morgan fingerprint density at radius 1 is 1.58 bits per heavy atom. The minimum atomic E-state index is -0.629. The maximum atomic E-state index is 9.51. The van der Waals surface area contributed by atoms with Gasteiger partial charge in [0.15, 0.2) is 0 Å². The van der Waals surface area contributed by atoms with Crippen LogP contribution in [-0.2, 0) is 12.0 Å². The molecule has 0 radical (unpaired) electrons. The van der Waals surface area contributed by atoms with Crippen molar-refractivity contribution in [2.24, 2.45) is 5.11 Å². The standard InChI is InChI=1S/C13H14ClN5/c14-11-2-3-12-10(8-11)4-5-13(12,9-15)17-6-1-7-18-19-16/h2-3,8,17H,1,4-7H2. The third-order valence-corrected chi connectivity index (χ3v) is 3.65. The minimum Gasteiger partial charge on any atom is -0.296 e. The first-order valence-electron chi connectivity index (χ1n) is 6.18. The summed E-state index contributed by atoms with van der Waals surface area (Å²) in [5.74, 6) is 0. The van der Waals surface area contributed by atoms with E-state index in [0.717, 1.165) is 30.4 Å². The monoisotopic (exact) mass is 275 g/mol. The molecule has 5 nitrogen and oxygen atoms in total. The third kappa shape index (κ3) is 2.82. The van der Waals surface area contributed by atoms with Gasteiger partial charge in [0.05, 0.1) is 6.07 Å². The zero-order valence-corrected chi connectivity index (χ0v) is 11.2. The molecule has 1 N–H and O–H groups in total. The summed E-state index contributed by atoms with van der Waals surface area (Å²) in [4.78, 5) is 2.71. The van der Waals surface area contributed by atoms with Gasteiger partial charge < -0.3 is 0 Å². The van der Waals surface area contributed by atoms with Crippen molar-refractivity contribution in [1.82, 2.24) is 5.32 Å². The lowest BCUT2D eigenvalue weighted by Crippen LogP contribution is -2.39. The van der Waals surface area contributed by atoms with Gasteiger partial charge in [-0.15, -0.1) is 0 Å². The van der Waals surface area contributed by atoms with Crippen LogP contribution in [0.3, 0.4) is 0 Å². The van der Waals surface area contributed by atoms with E-state index in [0.29, 0.717) is 18.1 Å². The van der Waals surface area contributed by atoms with Crippen molar-refractivity contribution in [3.05, 3.63) is 44.8 Å². The van der Waals surface area contributed by atoms with Gasteiger partial charge in [0.25, 0.3) is 0 Å². The number of hydrogen-bond acceptors (Lipinski definition) is 3. The van der Waals surface area contributed by atoms with Gasteiger partial charge in [-0.2, -0.15) is 5.26 Å². The number of nitriles is 1. The van der Waals surface area contributed by atoms with Crippen LogP contribution in [0.2, 0.25) is 5.02 Å². The van der Waals surface area contributed by atoms with Crippen molar-refractivity contribution < 1.29 is 0 Å². The summed E-state index contributed by atoms with van der Waals surface area (Å²) in [6.07, 6.45) is 2.32. The smallest absolute Gasteiger partial charge is 0.132 e. The van der Waals surface area contributed by atoms with Crippen LogP contribution in [0, 0.1) is 11.3 Å². The Bertz CT molecular complexity index is 559. The molecular weight excluding hydrogens is 262 g/mol. The molecule has 0 heterocycles. The highest BCUT2D eigenvalue weighted by molar-refractivity contribution is 6.30. The summed E-state index contributed by atoms with van der Waals surface area (Å²) in [7, 11) is 0. The summed E-state index contributed by atoms with van der Waals surface area (Å²) in [5.41, 5.74) is 9.73. The van der Waals surface area contributed by atoms with Crippen molar-refractivity contribution in [2.45, 2.75) is 24.8 Å². The number of nitrogens with one attached hydrogen (secondary N) is 1. The SMILES string of the molecule is N#CC1(NCCCN=[N+]=[N-])CCc2cc(Cl)ccc21. The third-order valence-electron chi connectivity index (χ3n) is 3.41. The molecule has 19 heavy (non-hydrogen) atoms. The molecule has 0 bridgehead atoms. The second kappa shape index (κ2) is 5.94. The predicted molar refractivity (Wildman–Crippen MR) is 73.7 cm³/mol. The van der Waals surface area contributed by atoms with Crippen LogP contribution in [-0.4, -0.2) is 13.1 Å². The van der Waals surface area contributed by atoms with Crippen LogP contribution < -0.4 is 5.32 Å². The molecule has 98 valence electrons. The number of fused-ring (bicyclic) bond motifs is 1. The average Bonchev–Trinajstić information content (AvgIpc) is 2.77. The molecule has 1 aromatic carbocycles. The fourth-order valence-electron chi connectivity index (χ4n) is 2.48. The molecule has 6 heteroatoms. The number of halogens is 1. The number of benzene rings is 1. The highest BCUT2D eigenvalue weighted by Gasteiger charge is 2.38. The first kappa shape index (κ1) is 13.7. The predicted octanol–water partition coefficient (Wildman–Crippen LogP) is 3.30. The van der Waals surface area contributed by atoms with Gasteiger partial charge in [0.2, 0.25) is 0 Å². The van der Waals surface area contributed by atoms with Crippen molar-refractivity contribution in [3.8, 4) is 6.07 Å². The second-order valence-electron chi connectivity index (χ2n) is 4.55. The number of rotatable bonds is 5. The summed E-state index contributed by atoms with van der Waals surface area (Å²) in [6.45, 7) is 1.09. The molecule has 0 amide bonds. The zero-order chi connectivity index (χ0) is 13.7. The highest BCUT2D eigenvalue weighted by Crippen LogP contribution is 2.37. The van der Waals surface area contributed by atoms with E-state index < -0.39 is 5.54 Å². The Labute approximate surface area is 116 Å². The second-order valence-corrected chi connectivity index (χ2v) is 4.99. The van der Waals surface area contributed by atoms with Gasteiger partial charge in [-0.25, -0.2) is 0 Å². The van der Waals surface area contributed by atoms with Crippen LogP contribution in [0.15, 0.2) is 23.3 Å². The van der Waals surface area contributed by atoms with Crippen molar-refractivity contribution in [2.75, 3.05) is 13.1 Å². The Morgan fingerprint density at radius 2 is 2.42 bits per heavy atom. The summed E-state index contributed by atoms with van der Waals surface area (Å²) >= 11 is 5.97. The number of hydrogen-bond donors (Lipinski definition) is 1. The van der Waals surface area contributed by atoms with Gasteiger partial charge in [0, 0.05) is 16.5 Å². The molecule has 0 spiro atoms. The lowest BCUT2D eigenvalue weighted by molar-refractivity contribution is 0.422. The van der Waals surface area contributed by atoms with E-state index in [1.807, 2.05) is 18.2 Å². The molecule has 0 aromatic heterocycles. The fourth-order valence-corrected chi connectivity index (χ4v) is 2.67. The van der Waals surface area contributed by atoms with E-state index in [9.17, 15) is 5.26 Å². The molecule has 0 aliphatic heterocycles. The molecule has 1 aliphatic carbocycles. The van der Waals surface area contributed by atoms with E-state index >= 15 is 0 Å². The summed E-state index contributed by atoms with van der Waals surface area (Å²) < 4.78 is 0. The van der Waals surface area contributed by atoms with E-state index in [-0.39, 0.29) is 0 Å². The van der Waals surface area contributed by atoms with Gasteiger partial charge in [-0.05, 0) is 54.6 Å². The molecular formula is C13H14ClN5. The molecule has 0 fully saturated rings. The molecule has 0 saturated carbocycles. The lowest BCUT2D eigenvalue weighted by atomic mass is 9.93. The van der Waals surface area contributed by atoms with Crippen molar-refractivity contribution >= 4 is 11.6 Å². The first-order valence-corrected chi connectivity index (χ1v) is 6.56. The quantitative estimate of drug-likeness (QED) is 0.387. The van der Waals surface area contributed by atoms with Crippen LogP contribution in [0.1, 0.15) is 24.0 Å². The summed E-state index contributed by atoms with van der Waals surface area (Å²) in [5, 5.41) is 17.0. The Kier molecular flexibility index (Phi) is 4.28. The van der Waals surface area contributed by atoms with Gasteiger partial charge in [-0.3, -0.25) is 5.32 Å². The molecule has 1 unspecified atom stereocenters. The van der Waals surface area contributed by atoms with E-state index in [4.69, 9.17) is 17.1 Å². The normalized spacial score (nSPS) is 20.4. The zero-order valence-electron chi connectivity index (χ0n) is 10.4. The Balaban J connectivity index is 2.09. The van der Waals surface area contributed by atoms with E-state index in [2.05, 4.69) is 21.4 Å². The van der Waals surface area contributed by atoms with E-state index in [1.54, 1.807) is 0 Å². The lowest BCUT2D eigenvalue weighted by Gasteiger charge is -2.24. The Morgan fingerprint density at radius 3 is 3.16 bits per heavy atom. The van der Waals surface area contributed by atoms with E-state index in [1.165, 1.54) is 0 Å². The largest absolute Gasteiger partial charge is 0.296 e. The van der Waals surface area contributed by atoms with Crippen LogP contribution in [0.5, 0.6) is 0 Å². The number of azide groups is 1. The van der Waals surface area contributed by atoms with Gasteiger partial charge in [0.1, 0.15) is 5.54 Å². The van der Waals surface area contributed by atoms with Crippen LogP contribution in [0.4, 0.5) is 0 Å². The van der Waals surface area contributed by atoms with Gasteiger partial charge in [-0.1, -0.05) is 22.8 Å². The molecule has 1 aromatic rings. The average molecular weight is 276 g/mol. The highest BCUT2D eigenvalue weighted by atomic mass is 35.5. The molecule has 2 rings (SSSR count). The Hall–Kier alpha value is -1.73. The summed E-state index contributed by atoms with van der Waals surface area (Å²) in [6, 6.07) is 8.06. The first-order chi connectivity index (χ1) is 9.22. The topological polar surface area (TPSA) is 84.6 Å². The van der Waals surface area contributed by atoms with Crippen molar-refractivity contribution in [1.29, 1.82) is 5.26 Å². The van der Waals surface area contributed by atoms with Crippen LogP contribution >= 0.6 is 11.6 Å². The van der Waals surface area contributed by atoms with Crippen LogP contribution in [0.25, 0.3) is 10.4 Å². The fraction of sp³-hybridized carbons (Fsp3) is 0.462. The maximum Gasteiger partial charge on any atom is 0.132 e. The number of nitrogens with zero attached hydrogens (tertiary/aromatic N) is 4. The maximum absolute atomic E-state index is 9.51. The number of aryl methyl sites for hydroxylation is 1. The van der Waals surface area contributed by atoms with Crippen molar-refractivity contribution in [3.63, 3.8) is 0 Å². The minimum absolute atomic E-state index is 0.443. The molecule has 1 atom stereocenters. The van der Waals surface area contributed by atoms with Gasteiger partial charge >= 0.3 is 0 Å².